The molecule has 2 heteroatoms. The molecule has 1 nitrogen and oxygen atoms in total. The number of unbranched alkanes of at least 4 members (excludes halogenated alkanes) is 3. The molecule has 0 atom stereocenters. The van der Waals surface area contributed by atoms with Crippen molar-refractivity contribution in [3.05, 3.63) is 12.6 Å². The molecule has 0 saturated carbocycles. The summed E-state index contributed by atoms with van der Waals surface area (Å²) in [7, 11) is 0. The van der Waals surface area contributed by atoms with Crippen molar-refractivity contribution in [2.24, 2.45) is 0 Å². The van der Waals surface area contributed by atoms with Crippen molar-refractivity contribution in [1.82, 2.24) is 0 Å². The minimum atomic E-state index is 0.290. The summed E-state index contributed by atoms with van der Waals surface area (Å²) in [5.74, 6) is 1.94. The van der Waals surface area contributed by atoms with Crippen molar-refractivity contribution in [2.75, 3.05) is 6.61 Å². The average Bonchev–Trinajstić information content (AvgIpc) is 2.16. The van der Waals surface area contributed by atoms with E-state index in [0.717, 1.165) is 19.3 Å². The Balaban J connectivity index is 3.34. The third-order valence-corrected chi connectivity index (χ3v) is 2.18. The van der Waals surface area contributed by atoms with Gasteiger partial charge >= 0.3 is 6.92 Å². The molecule has 0 unspecified atom stereocenters. The standard InChI is InChI=1S/C11H23BO/c1-4-7-9-10-12(6-3)13-11-8-5-2/h6H,3-5,7-11H2,1-2H3. The maximum absolute atomic E-state index is 5.66. The molecule has 0 aliphatic carbocycles. The number of hydrogen-bond acceptors (Lipinski definition) is 1. The lowest BCUT2D eigenvalue weighted by Crippen LogP contribution is -2.15. The van der Waals surface area contributed by atoms with Crippen molar-refractivity contribution in [1.29, 1.82) is 0 Å². The lowest BCUT2D eigenvalue weighted by atomic mass is 9.63. The summed E-state index contributed by atoms with van der Waals surface area (Å²) in [5.41, 5.74) is 0. The van der Waals surface area contributed by atoms with Crippen LogP contribution in [0.5, 0.6) is 0 Å². The van der Waals surface area contributed by atoms with Crippen molar-refractivity contribution >= 4 is 6.92 Å². The molecule has 0 fully saturated rings. The van der Waals surface area contributed by atoms with E-state index in [-0.39, 0.29) is 6.92 Å². The van der Waals surface area contributed by atoms with Crippen LogP contribution in [0.15, 0.2) is 12.6 Å². The van der Waals surface area contributed by atoms with Crippen LogP contribution in [0.1, 0.15) is 46.0 Å². The third-order valence-electron chi connectivity index (χ3n) is 2.18. The highest BCUT2D eigenvalue weighted by Gasteiger charge is 2.09. The maximum Gasteiger partial charge on any atom is 0.318 e. The molecular weight excluding hydrogens is 159 g/mol. The summed E-state index contributed by atoms with van der Waals surface area (Å²) < 4.78 is 5.66. The molecule has 13 heavy (non-hydrogen) atoms. The van der Waals surface area contributed by atoms with Gasteiger partial charge in [-0.15, -0.1) is 6.58 Å². The minimum Gasteiger partial charge on any atom is -0.431 e. The molecule has 0 aromatic rings. The lowest BCUT2D eigenvalue weighted by Gasteiger charge is -2.09. The molecule has 0 bridgehead atoms. The van der Waals surface area contributed by atoms with Gasteiger partial charge in [0.1, 0.15) is 0 Å². The first kappa shape index (κ1) is 12.8. The fraction of sp³-hybridized carbons (Fsp3) is 0.818. The quantitative estimate of drug-likeness (QED) is 0.390. The summed E-state index contributed by atoms with van der Waals surface area (Å²) in [6.07, 6.45) is 7.36. The summed E-state index contributed by atoms with van der Waals surface area (Å²) in [6.45, 7) is 9.38. The van der Waals surface area contributed by atoms with Crippen molar-refractivity contribution in [2.45, 2.75) is 52.3 Å². The molecule has 0 aliphatic rings. The second kappa shape index (κ2) is 9.85. The van der Waals surface area contributed by atoms with Crippen LogP contribution in [0.4, 0.5) is 0 Å². The van der Waals surface area contributed by atoms with Crippen LogP contribution >= 0.6 is 0 Å². The Morgan fingerprint density at radius 3 is 2.38 bits per heavy atom. The van der Waals surface area contributed by atoms with E-state index in [1.807, 2.05) is 5.98 Å². The van der Waals surface area contributed by atoms with Crippen molar-refractivity contribution in [3.8, 4) is 0 Å². The fourth-order valence-electron chi connectivity index (χ4n) is 1.24. The predicted octanol–water partition coefficient (Wildman–Crippen LogP) is 3.71. The van der Waals surface area contributed by atoms with E-state index in [9.17, 15) is 0 Å². The van der Waals surface area contributed by atoms with Gasteiger partial charge in [0, 0.05) is 6.61 Å². The van der Waals surface area contributed by atoms with Crippen LogP contribution in [0.25, 0.3) is 0 Å². The Labute approximate surface area is 83.7 Å². The van der Waals surface area contributed by atoms with E-state index in [2.05, 4.69) is 20.4 Å². The first-order chi connectivity index (χ1) is 6.35. The third kappa shape index (κ3) is 8.10. The molecule has 0 N–H and O–H groups in total. The van der Waals surface area contributed by atoms with Gasteiger partial charge in [0.05, 0.1) is 0 Å². The molecule has 0 amide bonds. The summed E-state index contributed by atoms with van der Waals surface area (Å²) in [4.78, 5) is 0. The lowest BCUT2D eigenvalue weighted by molar-refractivity contribution is 0.315. The van der Waals surface area contributed by atoms with E-state index in [4.69, 9.17) is 4.65 Å². The molecule has 0 radical (unpaired) electrons. The predicted molar refractivity (Wildman–Crippen MR) is 61.1 cm³/mol. The Morgan fingerprint density at radius 2 is 1.85 bits per heavy atom. The first-order valence-corrected chi connectivity index (χ1v) is 5.59. The Hall–Kier alpha value is -0.235. The number of rotatable bonds is 9. The summed E-state index contributed by atoms with van der Waals surface area (Å²) >= 11 is 0. The monoisotopic (exact) mass is 182 g/mol. The van der Waals surface area contributed by atoms with Crippen LogP contribution in [0.2, 0.25) is 6.32 Å². The van der Waals surface area contributed by atoms with Gasteiger partial charge in [-0.3, -0.25) is 0 Å². The number of hydrogen-bond donors (Lipinski definition) is 0. The molecule has 0 aromatic carbocycles. The van der Waals surface area contributed by atoms with E-state index >= 15 is 0 Å². The summed E-state index contributed by atoms with van der Waals surface area (Å²) in [6, 6.07) is 0. The first-order valence-electron chi connectivity index (χ1n) is 5.59. The van der Waals surface area contributed by atoms with Gasteiger partial charge < -0.3 is 4.65 Å². The Bertz CT molecular complexity index is 105. The van der Waals surface area contributed by atoms with Gasteiger partial charge in [-0.05, 0) is 12.7 Å². The van der Waals surface area contributed by atoms with E-state index in [0.29, 0.717) is 0 Å². The largest absolute Gasteiger partial charge is 0.431 e. The maximum atomic E-state index is 5.66. The van der Waals surface area contributed by atoms with Gasteiger partial charge in [0.25, 0.3) is 0 Å². The van der Waals surface area contributed by atoms with E-state index in [1.165, 1.54) is 25.7 Å². The molecule has 0 saturated heterocycles. The Morgan fingerprint density at radius 1 is 1.15 bits per heavy atom. The molecule has 0 aromatic heterocycles. The average molecular weight is 182 g/mol. The second-order valence-electron chi connectivity index (χ2n) is 3.49. The topological polar surface area (TPSA) is 9.23 Å². The Kier molecular flexibility index (Phi) is 9.67. The zero-order valence-corrected chi connectivity index (χ0v) is 9.22. The van der Waals surface area contributed by atoms with Crippen LogP contribution < -0.4 is 0 Å². The van der Waals surface area contributed by atoms with Crippen molar-refractivity contribution < 1.29 is 4.65 Å². The van der Waals surface area contributed by atoms with Crippen LogP contribution in [0, 0.1) is 0 Å². The highest BCUT2D eigenvalue weighted by Crippen LogP contribution is 2.06. The summed E-state index contributed by atoms with van der Waals surface area (Å²) in [5, 5.41) is 0. The molecular formula is C11H23BO. The van der Waals surface area contributed by atoms with Crippen LogP contribution in [0.3, 0.4) is 0 Å². The molecule has 0 heterocycles. The van der Waals surface area contributed by atoms with E-state index in [1.54, 1.807) is 0 Å². The van der Waals surface area contributed by atoms with Crippen molar-refractivity contribution in [3.63, 3.8) is 0 Å². The SMILES string of the molecule is C=CB(CCCCC)OCCCC. The highest BCUT2D eigenvalue weighted by molar-refractivity contribution is 6.57. The highest BCUT2D eigenvalue weighted by atomic mass is 16.4. The normalized spacial score (nSPS) is 10.0. The van der Waals surface area contributed by atoms with Gasteiger partial charge in [-0.2, -0.15) is 0 Å². The zero-order valence-electron chi connectivity index (χ0n) is 9.22. The van der Waals surface area contributed by atoms with Gasteiger partial charge in [-0.1, -0.05) is 45.5 Å². The molecule has 0 spiro atoms. The van der Waals surface area contributed by atoms with Crippen LogP contribution in [-0.2, 0) is 4.65 Å². The van der Waals surface area contributed by atoms with Gasteiger partial charge in [0.15, 0.2) is 0 Å². The smallest absolute Gasteiger partial charge is 0.318 e. The molecule has 76 valence electrons. The van der Waals surface area contributed by atoms with E-state index < -0.39 is 0 Å². The molecule has 0 rings (SSSR count). The van der Waals surface area contributed by atoms with Crippen LogP contribution in [-0.4, -0.2) is 13.5 Å². The fourth-order valence-corrected chi connectivity index (χ4v) is 1.24. The minimum absolute atomic E-state index is 0.290. The molecule has 0 aliphatic heterocycles. The zero-order chi connectivity index (χ0) is 9.94. The van der Waals surface area contributed by atoms with Gasteiger partial charge in [0.2, 0.25) is 0 Å². The van der Waals surface area contributed by atoms with Gasteiger partial charge in [-0.25, -0.2) is 0 Å². The second-order valence-corrected chi connectivity index (χ2v) is 3.49.